The van der Waals surface area contributed by atoms with E-state index in [4.69, 9.17) is 28.4 Å². The SMILES string of the molecule is CCN(CC)CCOCCOCCOc1ccc(C(=C2C3CC4CC(C3)CC2C4)c2ccc(OCCOCCOCCN(CC)CC)cc2)cc1. The van der Waals surface area contributed by atoms with Gasteiger partial charge >= 0.3 is 0 Å². The molecule has 0 saturated heterocycles. The van der Waals surface area contributed by atoms with Crippen molar-refractivity contribution in [2.75, 3.05) is 105 Å². The monoisotopic (exact) mass is 706 g/mol. The summed E-state index contributed by atoms with van der Waals surface area (Å²) in [6.07, 6.45) is 6.88. The first-order chi connectivity index (χ1) is 25.1. The van der Waals surface area contributed by atoms with Crippen LogP contribution in [0.1, 0.15) is 70.9 Å². The summed E-state index contributed by atoms with van der Waals surface area (Å²) in [6, 6.07) is 17.5. The van der Waals surface area contributed by atoms with Crippen LogP contribution in [0.3, 0.4) is 0 Å². The van der Waals surface area contributed by atoms with Gasteiger partial charge in [-0.1, -0.05) is 57.5 Å². The maximum Gasteiger partial charge on any atom is 0.119 e. The Kier molecular flexibility index (Phi) is 17.1. The van der Waals surface area contributed by atoms with E-state index in [0.717, 1.165) is 75.8 Å². The van der Waals surface area contributed by atoms with Gasteiger partial charge in [-0.25, -0.2) is 0 Å². The van der Waals surface area contributed by atoms with Crippen LogP contribution in [0.5, 0.6) is 11.5 Å². The zero-order valence-electron chi connectivity index (χ0n) is 32.1. The van der Waals surface area contributed by atoms with E-state index in [1.165, 1.54) is 48.8 Å². The average Bonchev–Trinajstić information content (AvgIpc) is 3.15. The van der Waals surface area contributed by atoms with E-state index >= 15 is 0 Å². The lowest BCUT2D eigenvalue weighted by molar-refractivity contribution is 0.0300. The molecule has 4 saturated carbocycles. The maximum absolute atomic E-state index is 6.06. The molecule has 8 nitrogen and oxygen atoms in total. The molecule has 0 spiro atoms. The summed E-state index contributed by atoms with van der Waals surface area (Å²) in [5.41, 5.74) is 5.69. The van der Waals surface area contributed by atoms with Crippen molar-refractivity contribution in [1.82, 2.24) is 9.80 Å². The average molecular weight is 707 g/mol. The summed E-state index contributed by atoms with van der Waals surface area (Å²) in [7, 11) is 0. The number of hydrogen-bond donors (Lipinski definition) is 0. The topological polar surface area (TPSA) is 61.9 Å². The second-order valence-corrected chi connectivity index (χ2v) is 14.4. The van der Waals surface area contributed by atoms with Crippen LogP contribution in [-0.2, 0) is 18.9 Å². The highest BCUT2D eigenvalue weighted by atomic mass is 16.5. The summed E-state index contributed by atoms with van der Waals surface area (Å²) >= 11 is 0. The van der Waals surface area contributed by atoms with Crippen LogP contribution in [0.4, 0.5) is 0 Å². The fourth-order valence-corrected chi connectivity index (χ4v) is 8.58. The fraction of sp³-hybridized carbons (Fsp3) is 0.674. The van der Waals surface area contributed by atoms with Crippen LogP contribution in [0.15, 0.2) is 54.1 Å². The summed E-state index contributed by atoms with van der Waals surface area (Å²) < 4.78 is 35.1. The highest BCUT2D eigenvalue weighted by Crippen LogP contribution is 2.58. The summed E-state index contributed by atoms with van der Waals surface area (Å²) in [5, 5.41) is 0. The quantitative estimate of drug-likeness (QED) is 0.0936. The van der Waals surface area contributed by atoms with Gasteiger partial charge in [-0.2, -0.15) is 0 Å². The third kappa shape index (κ3) is 12.3. The molecule has 0 radical (unpaired) electrons. The molecule has 0 atom stereocenters. The van der Waals surface area contributed by atoms with E-state index < -0.39 is 0 Å². The predicted octanol–water partition coefficient (Wildman–Crippen LogP) is 7.45. The molecule has 0 N–H and O–H groups in total. The highest BCUT2D eigenvalue weighted by Gasteiger charge is 2.46. The first kappa shape index (κ1) is 39.7. The van der Waals surface area contributed by atoms with E-state index in [2.05, 4.69) is 86.0 Å². The number of benzene rings is 2. The van der Waals surface area contributed by atoms with E-state index in [9.17, 15) is 0 Å². The minimum Gasteiger partial charge on any atom is -0.491 e. The van der Waals surface area contributed by atoms with Gasteiger partial charge in [0.1, 0.15) is 24.7 Å². The van der Waals surface area contributed by atoms with Crippen molar-refractivity contribution in [3.63, 3.8) is 0 Å². The minimum atomic E-state index is 0.525. The van der Waals surface area contributed by atoms with E-state index in [1.807, 2.05) is 0 Å². The fourth-order valence-electron chi connectivity index (χ4n) is 8.58. The largest absolute Gasteiger partial charge is 0.491 e. The standard InChI is InChI=1S/C43H66N2O6/c1-5-44(6-2)17-19-46-21-23-48-25-27-50-40-13-9-36(10-14-40)42(43-38-30-34-29-35(32-38)33-39(43)31-34)37-11-15-41(16-12-37)51-28-26-49-24-22-47-20-18-45(7-3)8-4/h9-16,34-35,38-39H,5-8,17-33H2,1-4H3. The number of nitrogens with zero attached hydrogens (tertiary/aromatic N) is 2. The first-order valence-electron chi connectivity index (χ1n) is 20.1. The van der Waals surface area contributed by atoms with Gasteiger partial charge in [-0.3, -0.25) is 0 Å². The Hall–Kier alpha value is -2.46. The molecule has 0 aromatic heterocycles. The normalized spacial score (nSPS) is 20.9. The molecule has 4 aliphatic carbocycles. The predicted molar refractivity (Wildman–Crippen MR) is 206 cm³/mol. The van der Waals surface area contributed by atoms with Crippen molar-refractivity contribution in [2.24, 2.45) is 23.7 Å². The zero-order chi connectivity index (χ0) is 35.7. The molecule has 8 heteroatoms. The summed E-state index contributed by atoms with van der Waals surface area (Å²) in [5.74, 6) is 5.02. The minimum absolute atomic E-state index is 0.525. The Morgan fingerprint density at radius 1 is 0.471 bits per heavy atom. The Bertz CT molecular complexity index is 1170. The summed E-state index contributed by atoms with van der Waals surface area (Å²) in [6.45, 7) is 21.0. The highest BCUT2D eigenvalue weighted by molar-refractivity contribution is 5.83. The molecule has 0 heterocycles. The number of likely N-dealkylation sites (N-methyl/N-ethyl adjacent to an activating group) is 2. The van der Waals surface area contributed by atoms with Gasteiger partial charge in [0.2, 0.25) is 0 Å². The molecule has 0 amide bonds. The van der Waals surface area contributed by atoms with Gasteiger partial charge in [0.15, 0.2) is 0 Å². The van der Waals surface area contributed by atoms with Crippen LogP contribution in [0.25, 0.3) is 5.57 Å². The molecule has 2 aromatic rings. The molecule has 284 valence electrons. The molecule has 4 bridgehead atoms. The summed E-state index contributed by atoms with van der Waals surface area (Å²) in [4.78, 5) is 4.72. The van der Waals surface area contributed by atoms with Crippen molar-refractivity contribution in [2.45, 2.75) is 59.8 Å². The Balaban J connectivity index is 1.10. The van der Waals surface area contributed by atoms with Crippen LogP contribution in [0.2, 0.25) is 0 Å². The molecule has 0 unspecified atom stereocenters. The first-order valence-corrected chi connectivity index (χ1v) is 20.1. The van der Waals surface area contributed by atoms with Crippen molar-refractivity contribution in [1.29, 1.82) is 0 Å². The van der Waals surface area contributed by atoms with Gasteiger partial charge in [-0.15, -0.1) is 0 Å². The molecular formula is C43H66N2O6. The van der Waals surface area contributed by atoms with Crippen molar-refractivity contribution >= 4 is 5.57 Å². The smallest absolute Gasteiger partial charge is 0.119 e. The Labute approximate surface area is 308 Å². The number of rotatable bonds is 26. The Morgan fingerprint density at radius 3 is 1.20 bits per heavy atom. The van der Waals surface area contributed by atoms with Gasteiger partial charge in [0.25, 0.3) is 0 Å². The van der Waals surface area contributed by atoms with Crippen LogP contribution in [-0.4, -0.2) is 115 Å². The molecule has 51 heavy (non-hydrogen) atoms. The van der Waals surface area contributed by atoms with Crippen LogP contribution < -0.4 is 9.47 Å². The van der Waals surface area contributed by atoms with Crippen molar-refractivity contribution in [3.8, 4) is 11.5 Å². The van der Waals surface area contributed by atoms with Crippen molar-refractivity contribution < 1.29 is 28.4 Å². The van der Waals surface area contributed by atoms with E-state index in [0.29, 0.717) is 64.7 Å². The van der Waals surface area contributed by atoms with Crippen LogP contribution >= 0.6 is 0 Å². The third-order valence-corrected chi connectivity index (χ3v) is 11.2. The molecule has 4 aliphatic rings. The zero-order valence-corrected chi connectivity index (χ0v) is 32.1. The van der Waals surface area contributed by atoms with Crippen molar-refractivity contribution in [3.05, 3.63) is 65.2 Å². The molecule has 4 fully saturated rings. The number of allylic oxidation sites excluding steroid dienone is 1. The lowest BCUT2D eigenvalue weighted by Crippen LogP contribution is -2.40. The number of ether oxygens (including phenoxy) is 6. The van der Waals surface area contributed by atoms with Gasteiger partial charge in [0.05, 0.1) is 52.9 Å². The van der Waals surface area contributed by atoms with Gasteiger partial charge < -0.3 is 38.2 Å². The van der Waals surface area contributed by atoms with E-state index in [1.54, 1.807) is 5.57 Å². The lowest BCUT2D eigenvalue weighted by atomic mass is 9.53. The third-order valence-electron chi connectivity index (χ3n) is 11.2. The molecule has 2 aromatic carbocycles. The second kappa shape index (κ2) is 21.9. The molecule has 0 aliphatic heterocycles. The van der Waals surface area contributed by atoms with Gasteiger partial charge in [-0.05, 0) is 123 Å². The van der Waals surface area contributed by atoms with Crippen LogP contribution in [0, 0.1) is 23.7 Å². The molecular weight excluding hydrogens is 640 g/mol. The van der Waals surface area contributed by atoms with E-state index in [-0.39, 0.29) is 0 Å². The Morgan fingerprint density at radius 2 is 0.824 bits per heavy atom. The maximum atomic E-state index is 6.06. The second-order valence-electron chi connectivity index (χ2n) is 14.4. The molecule has 6 rings (SSSR count). The number of hydrogen-bond acceptors (Lipinski definition) is 8. The van der Waals surface area contributed by atoms with Gasteiger partial charge in [0, 0.05) is 13.1 Å². The lowest BCUT2D eigenvalue weighted by Gasteiger charge is -2.52.